The molecule has 0 aliphatic heterocycles. The maximum absolute atomic E-state index is 11.2. The Morgan fingerprint density at radius 2 is 0.935 bits per heavy atom. The summed E-state index contributed by atoms with van der Waals surface area (Å²) in [5.74, 6) is 0. The Balaban J connectivity index is 1.61. The van der Waals surface area contributed by atoms with Gasteiger partial charge in [0.05, 0.1) is 45.1 Å². The normalized spacial score (nSPS) is 11.4. The predicted octanol–water partition coefficient (Wildman–Crippen LogP) is 10.5. The molecule has 0 spiro atoms. The summed E-state index contributed by atoms with van der Waals surface area (Å²) in [6, 6.07) is 42.4. The average Bonchev–Trinajstić information content (AvgIpc) is 3.60. The summed E-state index contributed by atoms with van der Waals surface area (Å²) < 4.78 is 4.53. The highest BCUT2D eigenvalue weighted by Gasteiger charge is 2.25. The number of nitrogens with zero attached hydrogens (tertiary/aromatic N) is 4. The molecule has 0 saturated heterocycles. The van der Waals surface area contributed by atoms with Crippen LogP contribution in [0.15, 0.2) is 109 Å². The Morgan fingerprint density at radius 3 is 1.39 bits per heavy atom. The lowest BCUT2D eigenvalue weighted by molar-refractivity contribution is 1.12. The summed E-state index contributed by atoms with van der Waals surface area (Å²) in [4.78, 5) is 0. The van der Waals surface area contributed by atoms with Gasteiger partial charge >= 0.3 is 0 Å². The first-order valence-electron chi connectivity index (χ1n) is 15.5. The number of benzene rings is 6. The quantitative estimate of drug-likeness (QED) is 0.206. The molecule has 2 aromatic heterocycles. The van der Waals surface area contributed by atoms with E-state index in [9.17, 15) is 10.5 Å². The Morgan fingerprint density at radius 1 is 0.478 bits per heavy atom. The summed E-state index contributed by atoms with van der Waals surface area (Å²) >= 11 is 0. The topological polar surface area (TPSA) is 57.4 Å². The van der Waals surface area contributed by atoms with E-state index in [4.69, 9.17) is 0 Å². The minimum absolute atomic E-state index is 0.573. The number of aryl methyl sites for hydroxylation is 4. The standard InChI is InChI=1S/C42H30N4/c1-25-10-5-16-34-38(25)39-26(2)11-6-17-35(39)45(34)33-21-20-31(30-15-9-14-29(22-30)23-43)42(32(33)24-44)46-36-18-7-12-27(3)40(36)41-28(4)13-8-19-37(41)46/h5-22H,1-4H3. The Labute approximate surface area is 267 Å². The average molecular weight is 591 g/mol. The zero-order chi connectivity index (χ0) is 31.7. The molecule has 0 amide bonds. The molecule has 0 bridgehead atoms. The molecule has 0 aliphatic rings. The lowest BCUT2D eigenvalue weighted by Crippen LogP contribution is -2.06. The molecule has 6 aromatic carbocycles. The van der Waals surface area contributed by atoms with Crippen LogP contribution in [0.25, 0.3) is 66.1 Å². The van der Waals surface area contributed by atoms with E-state index in [1.165, 1.54) is 43.8 Å². The number of aromatic nitrogens is 2. The van der Waals surface area contributed by atoms with Crippen molar-refractivity contribution in [2.75, 3.05) is 0 Å². The van der Waals surface area contributed by atoms with E-state index in [1.54, 1.807) is 0 Å². The van der Waals surface area contributed by atoms with Gasteiger partial charge in [-0.3, -0.25) is 0 Å². The van der Waals surface area contributed by atoms with Crippen molar-refractivity contribution in [1.82, 2.24) is 9.13 Å². The highest BCUT2D eigenvalue weighted by molar-refractivity contribution is 6.14. The van der Waals surface area contributed by atoms with Gasteiger partial charge in [0.2, 0.25) is 0 Å². The van der Waals surface area contributed by atoms with Crippen molar-refractivity contribution in [3.8, 4) is 34.6 Å². The van der Waals surface area contributed by atoms with E-state index in [0.29, 0.717) is 11.1 Å². The van der Waals surface area contributed by atoms with E-state index in [1.807, 2.05) is 24.3 Å². The van der Waals surface area contributed by atoms with Crippen LogP contribution >= 0.6 is 0 Å². The van der Waals surface area contributed by atoms with Crippen molar-refractivity contribution < 1.29 is 0 Å². The lowest BCUT2D eigenvalue weighted by Gasteiger charge is -2.20. The van der Waals surface area contributed by atoms with Crippen molar-refractivity contribution in [3.63, 3.8) is 0 Å². The number of hydrogen-bond acceptors (Lipinski definition) is 2. The van der Waals surface area contributed by atoms with Crippen LogP contribution in [0.1, 0.15) is 33.4 Å². The van der Waals surface area contributed by atoms with E-state index in [-0.39, 0.29) is 0 Å². The molecule has 0 fully saturated rings. The van der Waals surface area contributed by atoms with E-state index >= 15 is 0 Å². The van der Waals surface area contributed by atoms with Crippen LogP contribution in [0.5, 0.6) is 0 Å². The van der Waals surface area contributed by atoms with Crippen molar-refractivity contribution in [2.45, 2.75) is 27.7 Å². The molecule has 0 N–H and O–H groups in total. The molecular weight excluding hydrogens is 560 g/mol. The van der Waals surface area contributed by atoms with Crippen LogP contribution in [0, 0.1) is 50.4 Å². The summed E-state index contributed by atoms with van der Waals surface area (Å²) in [5, 5.41) is 25.8. The summed E-state index contributed by atoms with van der Waals surface area (Å²) in [7, 11) is 0. The number of rotatable bonds is 3. The minimum atomic E-state index is 0.573. The molecule has 0 unspecified atom stereocenters. The van der Waals surface area contributed by atoms with Gasteiger partial charge < -0.3 is 9.13 Å². The van der Waals surface area contributed by atoms with Crippen molar-refractivity contribution >= 4 is 43.6 Å². The van der Waals surface area contributed by atoms with Crippen LogP contribution < -0.4 is 0 Å². The molecule has 4 heteroatoms. The molecular formula is C42H30N4. The zero-order valence-corrected chi connectivity index (χ0v) is 26.2. The Kier molecular flexibility index (Phi) is 6.11. The van der Waals surface area contributed by atoms with Crippen molar-refractivity contribution in [2.24, 2.45) is 0 Å². The molecule has 2 heterocycles. The second-order valence-corrected chi connectivity index (χ2v) is 12.2. The molecule has 218 valence electrons. The van der Waals surface area contributed by atoms with Gasteiger partial charge in [-0.1, -0.05) is 66.7 Å². The van der Waals surface area contributed by atoms with Gasteiger partial charge in [-0.05, 0) is 98.0 Å². The summed E-state index contributed by atoms with van der Waals surface area (Å²) in [5.41, 5.74) is 13.6. The summed E-state index contributed by atoms with van der Waals surface area (Å²) in [6.45, 7) is 8.62. The van der Waals surface area contributed by atoms with Crippen LogP contribution in [-0.4, -0.2) is 9.13 Å². The monoisotopic (exact) mass is 590 g/mol. The van der Waals surface area contributed by atoms with Gasteiger partial charge in [0, 0.05) is 27.1 Å². The van der Waals surface area contributed by atoms with E-state index in [0.717, 1.165) is 44.6 Å². The largest absolute Gasteiger partial charge is 0.308 e. The van der Waals surface area contributed by atoms with Gasteiger partial charge in [0.1, 0.15) is 11.6 Å². The third-order valence-electron chi connectivity index (χ3n) is 9.50. The highest BCUT2D eigenvalue weighted by atomic mass is 15.0. The highest BCUT2D eigenvalue weighted by Crippen LogP contribution is 2.43. The van der Waals surface area contributed by atoms with Crippen LogP contribution in [0.3, 0.4) is 0 Å². The third-order valence-corrected chi connectivity index (χ3v) is 9.50. The van der Waals surface area contributed by atoms with E-state index < -0.39 is 0 Å². The van der Waals surface area contributed by atoms with Crippen molar-refractivity contribution in [1.29, 1.82) is 10.5 Å². The maximum atomic E-state index is 11.2. The number of fused-ring (bicyclic) bond motifs is 6. The second-order valence-electron chi connectivity index (χ2n) is 12.2. The molecule has 46 heavy (non-hydrogen) atoms. The summed E-state index contributed by atoms with van der Waals surface area (Å²) in [6.07, 6.45) is 0. The Bertz CT molecular complexity index is 2530. The Hall–Kier alpha value is -6.10. The molecule has 8 aromatic rings. The number of nitriles is 2. The second kappa shape index (κ2) is 10.2. The maximum Gasteiger partial charge on any atom is 0.104 e. The first kappa shape index (κ1) is 27.4. The van der Waals surface area contributed by atoms with Crippen LogP contribution in [-0.2, 0) is 0 Å². The van der Waals surface area contributed by atoms with E-state index in [2.05, 4.69) is 134 Å². The molecule has 0 aliphatic carbocycles. The van der Waals surface area contributed by atoms with Crippen LogP contribution in [0.4, 0.5) is 0 Å². The fraction of sp³-hybridized carbons (Fsp3) is 0.0952. The molecule has 4 nitrogen and oxygen atoms in total. The molecule has 8 rings (SSSR count). The first-order valence-corrected chi connectivity index (χ1v) is 15.5. The predicted molar refractivity (Wildman–Crippen MR) is 189 cm³/mol. The SMILES string of the molecule is Cc1cccc2c1c1c(C)cccc1n2-c1ccc(-c2cccc(C#N)c2)c(-n2c3cccc(C)c3c3c(C)cccc32)c1C#N. The van der Waals surface area contributed by atoms with Crippen LogP contribution in [0.2, 0.25) is 0 Å². The van der Waals surface area contributed by atoms with Gasteiger partial charge in [-0.2, -0.15) is 10.5 Å². The fourth-order valence-corrected chi connectivity index (χ4v) is 7.51. The molecule has 0 atom stereocenters. The van der Waals surface area contributed by atoms with Gasteiger partial charge in [0.25, 0.3) is 0 Å². The zero-order valence-electron chi connectivity index (χ0n) is 26.2. The van der Waals surface area contributed by atoms with Gasteiger partial charge in [-0.25, -0.2) is 0 Å². The van der Waals surface area contributed by atoms with Gasteiger partial charge in [0.15, 0.2) is 0 Å². The molecule has 0 saturated carbocycles. The first-order chi connectivity index (χ1) is 22.4. The van der Waals surface area contributed by atoms with Gasteiger partial charge in [-0.15, -0.1) is 0 Å². The lowest BCUT2D eigenvalue weighted by atomic mass is 9.97. The van der Waals surface area contributed by atoms with Crippen molar-refractivity contribution in [3.05, 3.63) is 143 Å². The third kappa shape index (κ3) is 3.78. The smallest absolute Gasteiger partial charge is 0.104 e. The molecule has 0 radical (unpaired) electrons. The minimum Gasteiger partial charge on any atom is -0.308 e. The number of hydrogen-bond donors (Lipinski definition) is 0. The fourth-order valence-electron chi connectivity index (χ4n) is 7.51.